The Bertz CT molecular complexity index is 292. The first kappa shape index (κ1) is 12.9. The molecule has 2 amide bonds. The van der Waals surface area contributed by atoms with Gasteiger partial charge in [-0.15, -0.1) is 0 Å². The van der Waals surface area contributed by atoms with E-state index in [1.54, 1.807) is 6.07 Å². The SMILES string of the molecule is CN(C)C(=O)N(CC#N)CP(=O)(O)O. The number of nitrogens with zero attached hydrogens (tertiary/aromatic N) is 3. The van der Waals surface area contributed by atoms with Crippen molar-refractivity contribution in [2.45, 2.75) is 0 Å². The highest BCUT2D eigenvalue weighted by Gasteiger charge is 2.24. The number of hydrogen-bond acceptors (Lipinski definition) is 3. The standard InChI is InChI=1S/C6H12N3O4P/c1-8(2)6(10)9(4-3-7)5-14(11,12)13/h4-5H2,1-2H3,(H2,11,12,13). The van der Waals surface area contributed by atoms with Crippen LogP contribution < -0.4 is 0 Å². The quantitative estimate of drug-likeness (QED) is 0.499. The van der Waals surface area contributed by atoms with Crippen LogP contribution in [0.2, 0.25) is 0 Å². The van der Waals surface area contributed by atoms with E-state index in [4.69, 9.17) is 15.0 Å². The summed E-state index contributed by atoms with van der Waals surface area (Å²) in [6.07, 6.45) is -0.739. The molecule has 0 aromatic heterocycles. The van der Waals surface area contributed by atoms with Gasteiger partial charge in [-0.3, -0.25) is 9.46 Å². The summed E-state index contributed by atoms with van der Waals surface area (Å²) in [5.41, 5.74) is 0. The Balaban J connectivity index is 4.54. The maximum atomic E-state index is 11.3. The van der Waals surface area contributed by atoms with Gasteiger partial charge in [-0.1, -0.05) is 0 Å². The zero-order chi connectivity index (χ0) is 11.4. The Morgan fingerprint density at radius 2 is 2.00 bits per heavy atom. The number of rotatable bonds is 3. The second-order valence-electron chi connectivity index (χ2n) is 2.84. The summed E-state index contributed by atoms with van der Waals surface area (Å²) in [4.78, 5) is 30.5. The monoisotopic (exact) mass is 221 g/mol. The fourth-order valence-corrected chi connectivity index (χ4v) is 1.43. The van der Waals surface area contributed by atoms with Crippen molar-refractivity contribution in [1.29, 1.82) is 5.26 Å². The zero-order valence-corrected chi connectivity index (χ0v) is 8.81. The fraction of sp³-hybridized carbons (Fsp3) is 0.667. The number of urea groups is 1. The Labute approximate surface area is 81.7 Å². The molecule has 14 heavy (non-hydrogen) atoms. The molecule has 2 N–H and O–H groups in total. The van der Waals surface area contributed by atoms with Gasteiger partial charge in [0.1, 0.15) is 12.8 Å². The summed E-state index contributed by atoms with van der Waals surface area (Å²) in [6, 6.07) is 1.06. The number of nitriles is 1. The number of amides is 2. The molecule has 0 aliphatic rings. The maximum absolute atomic E-state index is 11.3. The van der Waals surface area contributed by atoms with Gasteiger partial charge in [0, 0.05) is 14.1 Å². The Kier molecular flexibility index (Phi) is 4.57. The number of hydrogen-bond donors (Lipinski definition) is 2. The minimum atomic E-state index is -4.32. The summed E-state index contributed by atoms with van der Waals surface area (Å²) in [7, 11) is -1.44. The molecular formula is C6H12N3O4P. The molecular weight excluding hydrogens is 209 g/mol. The van der Waals surface area contributed by atoms with Crippen LogP contribution in [0.4, 0.5) is 4.79 Å². The third-order valence-electron chi connectivity index (χ3n) is 1.27. The molecule has 0 heterocycles. The first-order valence-electron chi connectivity index (χ1n) is 3.65. The van der Waals surface area contributed by atoms with E-state index in [1.165, 1.54) is 14.1 Å². The van der Waals surface area contributed by atoms with Crippen molar-refractivity contribution in [3.05, 3.63) is 0 Å². The van der Waals surface area contributed by atoms with Gasteiger partial charge in [-0.2, -0.15) is 5.26 Å². The van der Waals surface area contributed by atoms with E-state index >= 15 is 0 Å². The van der Waals surface area contributed by atoms with E-state index in [0.717, 1.165) is 9.80 Å². The van der Waals surface area contributed by atoms with Crippen LogP contribution in [0.3, 0.4) is 0 Å². The summed E-state index contributed by atoms with van der Waals surface area (Å²) < 4.78 is 10.6. The van der Waals surface area contributed by atoms with E-state index in [-0.39, 0.29) is 6.54 Å². The van der Waals surface area contributed by atoms with Crippen molar-refractivity contribution in [3.63, 3.8) is 0 Å². The van der Waals surface area contributed by atoms with Crippen molar-refractivity contribution < 1.29 is 19.1 Å². The van der Waals surface area contributed by atoms with E-state index in [0.29, 0.717) is 0 Å². The number of carbonyl (C=O) groups is 1. The average Bonchev–Trinajstić information content (AvgIpc) is 1.99. The van der Waals surface area contributed by atoms with E-state index in [1.807, 2.05) is 0 Å². The van der Waals surface area contributed by atoms with Crippen LogP contribution in [0, 0.1) is 11.3 Å². The lowest BCUT2D eigenvalue weighted by Gasteiger charge is -2.23. The Hall–Kier alpha value is -1.09. The van der Waals surface area contributed by atoms with Crippen molar-refractivity contribution >= 4 is 13.6 Å². The summed E-state index contributed by atoms with van der Waals surface area (Å²) in [5.74, 6) is 0. The van der Waals surface area contributed by atoms with Crippen LogP contribution in [-0.4, -0.2) is 52.5 Å². The summed E-state index contributed by atoms with van der Waals surface area (Å²) in [6.45, 7) is -0.345. The largest absolute Gasteiger partial charge is 0.344 e. The molecule has 80 valence electrons. The van der Waals surface area contributed by atoms with Gasteiger partial charge < -0.3 is 14.7 Å². The normalized spacial score (nSPS) is 10.5. The molecule has 0 radical (unpaired) electrons. The first-order valence-corrected chi connectivity index (χ1v) is 5.45. The van der Waals surface area contributed by atoms with E-state index < -0.39 is 19.9 Å². The molecule has 0 aromatic rings. The lowest BCUT2D eigenvalue weighted by atomic mass is 10.6. The van der Waals surface area contributed by atoms with Gasteiger partial charge in [-0.25, -0.2) is 4.79 Å². The van der Waals surface area contributed by atoms with Crippen molar-refractivity contribution in [2.75, 3.05) is 26.9 Å². The first-order chi connectivity index (χ1) is 6.28. The highest BCUT2D eigenvalue weighted by Crippen LogP contribution is 2.35. The van der Waals surface area contributed by atoms with Gasteiger partial charge in [0.15, 0.2) is 0 Å². The lowest BCUT2D eigenvalue weighted by molar-refractivity contribution is 0.180. The van der Waals surface area contributed by atoms with Crippen molar-refractivity contribution in [2.24, 2.45) is 0 Å². The molecule has 8 heteroatoms. The number of carbonyl (C=O) groups excluding carboxylic acids is 1. The van der Waals surface area contributed by atoms with Crippen LogP contribution in [-0.2, 0) is 4.57 Å². The maximum Gasteiger partial charge on any atom is 0.344 e. The zero-order valence-electron chi connectivity index (χ0n) is 7.91. The van der Waals surface area contributed by atoms with Gasteiger partial charge in [-0.05, 0) is 0 Å². The van der Waals surface area contributed by atoms with Gasteiger partial charge in [0.2, 0.25) is 0 Å². The second kappa shape index (κ2) is 4.96. The van der Waals surface area contributed by atoms with E-state index in [2.05, 4.69) is 0 Å². The van der Waals surface area contributed by atoms with Crippen LogP contribution in [0.5, 0.6) is 0 Å². The van der Waals surface area contributed by atoms with Crippen LogP contribution >= 0.6 is 7.60 Å². The van der Waals surface area contributed by atoms with Gasteiger partial charge in [0.25, 0.3) is 0 Å². The topological polar surface area (TPSA) is 105 Å². The average molecular weight is 221 g/mol. The molecule has 0 aromatic carbocycles. The third kappa shape index (κ3) is 4.82. The molecule has 7 nitrogen and oxygen atoms in total. The molecule has 0 aliphatic heterocycles. The van der Waals surface area contributed by atoms with Crippen LogP contribution in [0.15, 0.2) is 0 Å². The van der Waals surface area contributed by atoms with Crippen molar-refractivity contribution in [1.82, 2.24) is 9.80 Å². The smallest absolute Gasteiger partial charge is 0.331 e. The fourth-order valence-electron chi connectivity index (χ4n) is 0.769. The Morgan fingerprint density at radius 3 is 2.29 bits per heavy atom. The lowest BCUT2D eigenvalue weighted by Crippen LogP contribution is -2.39. The summed E-state index contributed by atoms with van der Waals surface area (Å²) in [5, 5.41) is 8.35. The van der Waals surface area contributed by atoms with Gasteiger partial charge >= 0.3 is 13.6 Å². The molecule has 0 bridgehead atoms. The highest BCUT2D eigenvalue weighted by molar-refractivity contribution is 7.51. The second-order valence-corrected chi connectivity index (χ2v) is 4.45. The highest BCUT2D eigenvalue weighted by atomic mass is 31.2. The third-order valence-corrected chi connectivity index (χ3v) is 1.98. The molecule has 0 aliphatic carbocycles. The Morgan fingerprint density at radius 1 is 1.50 bits per heavy atom. The minimum absolute atomic E-state index is 0.345. The molecule has 0 fully saturated rings. The molecule has 0 unspecified atom stereocenters. The molecule has 0 saturated carbocycles. The predicted molar refractivity (Wildman–Crippen MR) is 48.3 cm³/mol. The predicted octanol–water partition coefficient (Wildman–Crippen LogP) is -0.371. The van der Waals surface area contributed by atoms with Crippen LogP contribution in [0.1, 0.15) is 0 Å². The minimum Gasteiger partial charge on any atom is -0.331 e. The molecule has 0 atom stereocenters. The van der Waals surface area contributed by atoms with Crippen molar-refractivity contribution in [3.8, 4) is 6.07 Å². The van der Waals surface area contributed by atoms with E-state index in [9.17, 15) is 9.36 Å². The molecule has 0 rings (SSSR count). The van der Waals surface area contributed by atoms with Crippen LogP contribution in [0.25, 0.3) is 0 Å². The summed E-state index contributed by atoms with van der Waals surface area (Å²) >= 11 is 0. The van der Waals surface area contributed by atoms with Gasteiger partial charge in [0.05, 0.1) is 6.07 Å². The molecule has 0 spiro atoms. The molecule has 0 saturated heterocycles.